The van der Waals surface area contributed by atoms with Crippen LogP contribution in [-0.4, -0.2) is 49.3 Å². The van der Waals surface area contributed by atoms with Gasteiger partial charge in [0.2, 0.25) is 0 Å². The van der Waals surface area contributed by atoms with Gasteiger partial charge in [-0.3, -0.25) is 0 Å². The predicted molar refractivity (Wildman–Crippen MR) is 127 cm³/mol. The summed E-state index contributed by atoms with van der Waals surface area (Å²) in [6, 6.07) is 5.98. The Balaban J connectivity index is 0. The lowest BCUT2D eigenvalue weighted by atomic mass is 9.88. The van der Waals surface area contributed by atoms with Gasteiger partial charge in [-0.2, -0.15) is 0 Å². The third kappa shape index (κ3) is 13.4. The molecule has 1 aromatic carbocycles. The Bertz CT molecular complexity index is 569. The van der Waals surface area contributed by atoms with Crippen LogP contribution in [-0.2, 0) is 14.2 Å². The molecular weight excluding hydrogens is 380 g/mol. The summed E-state index contributed by atoms with van der Waals surface area (Å²) in [7, 11) is 9.99. The molecule has 0 saturated carbocycles. The number of allylic oxidation sites excluding steroid dienone is 3. The van der Waals surface area contributed by atoms with E-state index in [0.29, 0.717) is 11.8 Å². The average molecular weight is 425 g/mol. The summed E-state index contributed by atoms with van der Waals surface area (Å²) in [4.78, 5) is 0. The van der Waals surface area contributed by atoms with Gasteiger partial charge in [-0.25, -0.2) is 0 Å². The third-order valence-corrected chi connectivity index (χ3v) is 4.27. The second-order valence-corrected chi connectivity index (χ2v) is 6.92. The van der Waals surface area contributed by atoms with Gasteiger partial charge in [0.15, 0.2) is 11.5 Å². The molecule has 30 heavy (non-hydrogen) atoms. The van der Waals surface area contributed by atoms with Crippen LogP contribution < -0.4 is 9.47 Å². The maximum Gasteiger partial charge on any atom is 0.161 e. The molecule has 0 amide bonds. The van der Waals surface area contributed by atoms with E-state index in [0.717, 1.165) is 30.1 Å². The molecule has 1 aromatic rings. The van der Waals surface area contributed by atoms with E-state index in [4.69, 9.17) is 18.9 Å². The molecule has 5 nitrogen and oxygen atoms in total. The van der Waals surface area contributed by atoms with Crippen molar-refractivity contribution in [2.45, 2.75) is 40.2 Å². The van der Waals surface area contributed by atoms with Crippen LogP contribution in [0.4, 0.5) is 0 Å². The Labute approximate surface area is 185 Å². The molecule has 0 aromatic heterocycles. The Kier molecular flexibility index (Phi) is 20.7. The summed E-state index contributed by atoms with van der Waals surface area (Å²) < 4.78 is 25.3. The summed E-state index contributed by atoms with van der Waals surface area (Å²) in [5.74, 6) is 2.44. The fourth-order valence-corrected chi connectivity index (χ4v) is 3.04. The zero-order valence-corrected chi connectivity index (χ0v) is 20.7. The van der Waals surface area contributed by atoms with Crippen LogP contribution in [0.25, 0.3) is 0 Å². The van der Waals surface area contributed by atoms with E-state index < -0.39 is 0 Å². The SMILES string of the molecule is C/C=C/[C@H](C)C[C@H](C)[C@H](OC)c1ccc(OC)c(OC)c1.C/C=C\COC.COC. The van der Waals surface area contributed by atoms with Crippen LogP contribution in [0.3, 0.4) is 0 Å². The van der Waals surface area contributed by atoms with Crippen molar-refractivity contribution >= 4 is 0 Å². The molecule has 174 valence electrons. The highest BCUT2D eigenvalue weighted by atomic mass is 16.5. The zero-order chi connectivity index (χ0) is 23.4. The number of hydrogen-bond acceptors (Lipinski definition) is 5. The predicted octanol–water partition coefficient (Wildman–Crippen LogP) is 6.10. The smallest absolute Gasteiger partial charge is 0.161 e. The second-order valence-electron chi connectivity index (χ2n) is 6.92. The quantitative estimate of drug-likeness (QED) is 0.425. The normalized spacial score (nSPS) is 13.7. The van der Waals surface area contributed by atoms with E-state index in [-0.39, 0.29) is 6.10 Å². The van der Waals surface area contributed by atoms with E-state index in [2.05, 4.69) is 37.7 Å². The first-order valence-electron chi connectivity index (χ1n) is 10.3. The van der Waals surface area contributed by atoms with Crippen molar-refractivity contribution in [2.24, 2.45) is 11.8 Å². The first-order valence-corrected chi connectivity index (χ1v) is 10.3. The average Bonchev–Trinajstić information content (AvgIpc) is 2.73. The van der Waals surface area contributed by atoms with Crippen molar-refractivity contribution in [3.63, 3.8) is 0 Å². The van der Waals surface area contributed by atoms with Gasteiger partial charge in [0, 0.05) is 28.4 Å². The zero-order valence-electron chi connectivity index (χ0n) is 20.7. The lowest BCUT2D eigenvalue weighted by Crippen LogP contribution is -2.14. The first-order chi connectivity index (χ1) is 14.4. The van der Waals surface area contributed by atoms with Crippen molar-refractivity contribution < 1.29 is 23.7 Å². The Morgan fingerprint density at radius 3 is 1.87 bits per heavy atom. The molecule has 0 spiro atoms. The van der Waals surface area contributed by atoms with Crippen LogP contribution >= 0.6 is 0 Å². The number of hydrogen-bond donors (Lipinski definition) is 0. The molecule has 0 heterocycles. The van der Waals surface area contributed by atoms with Gasteiger partial charge in [0.25, 0.3) is 0 Å². The molecule has 0 fully saturated rings. The topological polar surface area (TPSA) is 46.2 Å². The molecule has 0 aliphatic heterocycles. The molecule has 1 rings (SSSR count). The molecule has 0 aliphatic rings. The molecule has 0 bridgehead atoms. The highest BCUT2D eigenvalue weighted by molar-refractivity contribution is 5.43. The minimum absolute atomic E-state index is 0.0533. The third-order valence-electron chi connectivity index (χ3n) is 4.27. The van der Waals surface area contributed by atoms with Crippen LogP contribution in [0.2, 0.25) is 0 Å². The Morgan fingerprint density at radius 2 is 1.47 bits per heavy atom. The molecule has 0 radical (unpaired) electrons. The van der Waals surface area contributed by atoms with Crippen molar-refractivity contribution in [3.05, 3.63) is 48.1 Å². The van der Waals surface area contributed by atoms with Crippen molar-refractivity contribution in [3.8, 4) is 11.5 Å². The molecule has 3 atom stereocenters. The summed E-state index contributed by atoms with van der Waals surface area (Å²) in [5, 5.41) is 0. The molecule has 5 heteroatoms. The van der Waals surface area contributed by atoms with E-state index in [1.54, 1.807) is 42.7 Å². The maximum absolute atomic E-state index is 5.73. The largest absolute Gasteiger partial charge is 0.493 e. The molecule has 0 aliphatic carbocycles. The minimum Gasteiger partial charge on any atom is -0.493 e. The minimum atomic E-state index is 0.0533. The van der Waals surface area contributed by atoms with Gasteiger partial charge in [-0.1, -0.05) is 44.2 Å². The number of rotatable bonds is 10. The summed E-state index contributed by atoms with van der Waals surface area (Å²) in [6.45, 7) is 9.22. The van der Waals surface area contributed by atoms with Gasteiger partial charge in [-0.05, 0) is 49.8 Å². The molecule has 0 unspecified atom stereocenters. The van der Waals surface area contributed by atoms with Crippen LogP contribution in [0, 0.1) is 11.8 Å². The Hall–Kier alpha value is -1.82. The van der Waals surface area contributed by atoms with Gasteiger partial charge < -0.3 is 23.7 Å². The van der Waals surface area contributed by atoms with Crippen LogP contribution in [0.5, 0.6) is 11.5 Å². The molecule has 0 N–H and O–H groups in total. The number of benzene rings is 1. The maximum atomic E-state index is 5.73. The summed E-state index contributed by atoms with van der Waals surface area (Å²) >= 11 is 0. The Morgan fingerprint density at radius 1 is 0.867 bits per heavy atom. The van der Waals surface area contributed by atoms with Gasteiger partial charge in [-0.15, -0.1) is 0 Å². The fraction of sp³-hybridized carbons (Fsp3) is 0.600. The van der Waals surface area contributed by atoms with Crippen molar-refractivity contribution in [1.29, 1.82) is 0 Å². The number of ether oxygens (including phenoxy) is 5. The standard InChI is InChI=1S/C18H28O3.C5H10O.C2H6O/c1-7-8-13(2)11-14(3)18(21-6)15-9-10-16(19-4)17(12-15)20-5;1-3-4-5-6-2;1-3-2/h7-10,12-14,18H,11H2,1-6H3;3-4H,5H2,1-2H3;1-2H3/b8-7+;4-3-;/t13-,14-,18-;;/m0../s1. The summed E-state index contributed by atoms with van der Waals surface area (Å²) in [6.07, 6.45) is 9.39. The van der Waals surface area contributed by atoms with E-state index >= 15 is 0 Å². The monoisotopic (exact) mass is 424 g/mol. The van der Waals surface area contributed by atoms with Gasteiger partial charge >= 0.3 is 0 Å². The second kappa shape index (κ2) is 20.5. The van der Waals surface area contributed by atoms with Gasteiger partial charge in [0.1, 0.15) is 0 Å². The van der Waals surface area contributed by atoms with E-state index in [1.165, 1.54) is 0 Å². The lowest BCUT2D eigenvalue weighted by molar-refractivity contribution is 0.0509. The first kappa shape index (κ1) is 30.4. The highest BCUT2D eigenvalue weighted by Gasteiger charge is 2.21. The van der Waals surface area contributed by atoms with Crippen LogP contribution in [0.15, 0.2) is 42.5 Å². The van der Waals surface area contributed by atoms with E-state index in [9.17, 15) is 0 Å². The molecular formula is C25H44O5. The van der Waals surface area contributed by atoms with Crippen LogP contribution in [0.1, 0.15) is 45.8 Å². The highest BCUT2D eigenvalue weighted by Crippen LogP contribution is 2.35. The fourth-order valence-electron chi connectivity index (χ4n) is 3.04. The van der Waals surface area contributed by atoms with E-state index in [1.807, 2.05) is 37.3 Å². The van der Waals surface area contributed by atoms with Crippen molar-refractivity contribution in [1.82, 2.24) is 0 Å². The van der Waals surface area contributed by atoms with Crippen molar-refractivity contribution in [2.75, 3.05) is 49.3 Å². The summed E-state index contributed by atoms with van der Waals surface area (Å²) in [5.41, 5.74) is 1.12. The number of methoxy groups -OCH3 is 5. The lowest BCUT2D eigenvalue weighted by Gasteiger charge is -2.25. The van der Waals surface area contributed by atoms with Gasteiger partial charge in [0.05, 0.1) is 26.9 Å². The molecule has 0 saturated heterocycles.